The van der Waals surface area contributed by atoms with Crippen molar-refractivity contribution in [2.24, 2.45) is 5.10 Å². The second kappa shape index (κ2) is 8.15. The molecule has 29 heavy (non-hydrogen) atoms. The number of benzene rings is 2. The first-order chi connectivity index (χ1) is 14.2. The van der Waals surface area contributed by atoms with Crippen LogP contribution in [0.15, 0.2) is 68.2 Å². The minimum atomic E-state index is -0.476. The topological polar surface area (TPSA) is 85.9 Å². The molecular weight excluding hydrogens is 390 g/mol. The van der Waals surface area contributed by atoms with E-state index in [0.29, 0.717) is 27.7 Å². The third kappa shape index (κ3) is 3.83. The molecule has 0 aliphatic rings. The fourth-order valence-corrected chi connectivity index (χ4v) is 3.50. The summed E-state index contributed by atoms with van der Waals surface area (Å²) >= 11 is 1.34. The van der Waals surface area contributed by atoms with Crippen LogP contribution in [0.3, 0.4) is 0 Å². The van der Waals surface area contributed by atoms with Gasteiger partial charge in [0.1, 0.15) is 5.75 Å². The Balaban J connectivity index is 1.58. The van der Waals surface area contributed by atoms with Gasteiger partial charge in [-0.3, -0.25) is 5.43 Å². The van der Waals surface area contributed by atoms with Gasteiger partial charge < -0.3 is 13.9 Å². The maximum atomic E-state index is 12.5. The van der Waals surface area contributed by atoms with Gasteiger partial charge in [-0.1, -0.05) is 24.3 Å². The van der Waals surface area contributed by atoms with E-state index in [1.807, 2.05) is 36.4 Å². The lowest BCUT2D eigenvalue weighted by Crippen LogP contribution is -2.03. The van der Waals surface area contributed by atoms with E-state index in [1.54, 1.807) is 30.8 Å². The van der Waals surface area contributed by atoms with Crippen molar-refractivity contribution in [3.8, 4) is 22.8 Å². The molecule has 0 atom stereocenters. The zero-order chi connectivity index (χ0) is 20.2. The van der Waals surface area contributed by atoms with Gasteiger partial charge in [-0.05, 0) is 24.3 Å². The summed E-state index contributed by atoms with van der Waals surface area (Å²) in [6, 6.07) is 14.7. The molecule has 0 radical (unpaired) electrons. The van der Waals surface area contributed by atoms with Crippen LogP contribution in [0.2, 0.25) is 0 Å². The lowest BCUT2D eigenvalue weighted by molar-refractivity contribution is 0.407. The van der Waals surface area contributed by atoms with Gasteiger partial charge in [0.15, 0.2) is 11.3 Å². The molecule has 0 aliphatic heterocycles. The first-order valence-corrected chi connectivity index (χ1v) is 9.56. The average Bonchev–Trinajstić information content (AvgIpc) is 3.22. The van der Waals surface area contributed by atoms with Crippen LogP contribution >= 0.6 is 11.3 Å². The zero-order valence-corrected chi connectivity index (χ0v) is 16.5. The Kier molecular flexibility index (Phi) is 5.26. The largest absolute Gasteiger partial charge is 0.496 e. The number of rotatable bonds is 6. The summed E-state index contributed by atoms with van der Waals surface area (Å²) in [6.07, 6.45) is 1.65. The molecule has 1 N–H and O–H groups in total. The summed E-state index contributed by atoms with van der Waals surface area (Å²) in [5, 5.41) is 7.29. The van der Waals surface area contributed by atoms with Gasteiger partial charge >= 0.3 is 5.63 Å². The van der Waals surface area contributed by atoms with E-state index in [4.69, 9.17) is 13.9 Å². The smallest absolute Gasteiger partial charge is 0.345 e. The van der Waals surface area contributed by atoms with Gasteiger partial charge in [-0.25, -0.2) is 9.78 Å². The number of hydrazone groups is 1. The highest BCUT2D eigenvalue weighted by atomic mass is 32.1. The second-order valence-electron chi connectivity index (χ2n) is 5.98. The number of para-hydroxylation sites is 2. The van der Waals surface area contributed by atoms with Crippen LogP contribution in [0.5, 0.6) is 11.5 Å². The van der Waals surface area contributed by atoms with Gasteiger partial charge in [0.2, 0.25) is 5.13 Å². The highest BCUT2D eigenvalue weighted by molar-refractivity contribution is 7.14. The third-order valence-corrected chi connectivity index (χ3v) is 4.97. The number of aromatic nitrogens is 1. The Morgan fingerprint density at radius 3 is 2.72 bits per heavy atom. The number of methoxy groups -OCH3 is 2. The highest BCUT2D eigenvalue weighted by Gasteiger charge is 2.13. The number of fused-ring (bicyclic) bond motifs is 1. The Bertz CT molecular complexity index is 1250. The van der Waals surface area contributed by atoms with E-state index in [9.17, 15) is 4.79 Å². The van der Waals surface area contributed by atoms with Crippen molar-refractivity contribution in [2.75, 3.05) is 19.6 Å². The van der Waals surface area contributed by atoms with Gasteiger partial charge in [0, 0.05) is 16.3 Å². The summed E-state index contributed by atoms with van der Waals surface area (Å²) in [5.74, 6) is 1.24. The Morgan fingerprint density at radius 1 is 1.10 bits per heavy atom. The van der Waals surface area contributed by atoms with Gasteiger partial charge in [-0.2, -0.15) is 5.10 Å². The number of hydrogen-bond donors (Lipinski definition) is 1. The number of hydrogen-bond acceptors (Lipinski definition) is 8. The zero-order valence-electron chi connectivity index (χ0n) is 15.7. The lowest BCUT2D eigenvalue weighted by atomic mass is 10.1. The van der Waals surface area contributed by atoms with Crippen LogP contribution in [-0.4, -0.2) is 25.4 Å². The average molecular weight is 407 g/mol. The standard InChI is InChI=1S/C21H17N3O4S/c1-26-17-8-4-3-6-14(17)11-22-24-21-23-16(12-29-21)15-10-13-7-5-9-18(27-2)19(13)28-20(15)25/h3-12H,1-2H3,(H,23,24). The molecule has 0 unspecified atom stereocenters. The molecule has 2 heterocycles. The van der Waals surface area contributed by atoms with Crippen molar-refractivity contribution in [1.82, 2.24) is 4.98 Å². The van der Waals surface area contributed by atoms with Crippen molar-refractivity contribution < 1.29 is 13.9 Å². The maximum absolute atomic E-state index is 12.5. The van der Waals surface area contributed by atoms with Crippen molar-refractivity contribution in [3.05, 3.63) is 69.9 Å². The van der Waals surface area contributed by atoms with E-state index in [0.717, 1.165) is 16.7 Å². The maximum Gasteiger partial charge on any atom is 0.345 e. The fraction of sp³-hybridized carbons (Fsp3) is 0.0952. The van der Waals surface area contributed by atoms with Crippen LogP contribution in [0.25, 0.3) is 22.2 Å². The van der Waals surface area contributed by atoms with E-state index in [2.05, 4.69) is 15.5 Å². The summed E-state index contributed by atoms with van der Waals surface area (Å²) in [4.78, 5) is 16.9. The van der Waals surface area contributed by atoms with E-state index in [1.165, 1.54) is 18.4 Å². The first-order valence-electron chi connectivity index (χ1n) is 8.68. The van der Waals surface area contributed by atoms with Crippen LogP contribution in [0.4, 0.5) is 5.13 Å². The third-order valence-electron chi connectivity index (χ3n) is 4.23. The predicted molar refractivity (Wildman–Crippen MR) is 114 cm³/mol. The molecule has 4 rings (SSSR count). The van der Waals surface area contributed by atoms with E-state index >= 15 is 0 Å². The molecule has 8 heteroatoms. The molecule has 4 aromatic rings. The summed E-state index contributed by atoms with van der Waals surface area (Å²) in [5.41, 5.74) is 4.55. The van der Waals surface area contributed by atoms with E-state index in [-0.39, 0.29) is 0 Å². The Morgan fingerprint density at radius 2 is 1.90 bits per heavy atom. The Labute approximate surface area is 170 Å². The number of nitrogens with one attached hydrogen (secondary N) is 1. The number of ether oxygens (including phenoxy) is 2. The molecule has 0 amide bonds. The van der Waals surface area contributed by atoms with Gasteiger partial charge in [0.05, 0.1) is 31.7 Å². The SMILES string of the molecule is COc1ccccc1C=NNc1nc(-c2cc3cccc(OC)c3oc2=O)cs1. The summed E-state index contributed by atoms with van der Waals surface area (Å²) < 4.78 is 16.0. The quantitative estimate of drug-likeness (QED) is 0.290. The normalized spacial score (nSPS) is 11.1. The molecule has 0 spiro atoms. The van der Waals surface area contributed by atoms with Crippen LogP contribution in [0.1, 0.15) is 5.56 Å². The van der Waals surface area contributed by atoms with E-state index < -0.39 is 5.63 Å². The lowest BCUT2D eigenvalue weighted by Gasteiger charge is -2.04. The molecular formula is C21H17N3O4S. The molecule has 0 bridgehead atoms. The van der Waals surface area contributed by atoms with Crippen LogP contribution in [-0.2, 0) is 0 Å². The van der Waals surface area contributed by atoms with Crippen molar-refractivity contribution in [1.29, 1.82) is 0 Å². The summed E-state index contributed by atoms with van der Waals surface area (Å²) in [7, 11) is 3.14. The van der Waals surface area contributed by atoms with Gasteiger partial charge in [0.25, 0.3) is 0 Å². The minimum Gasteiger partial charge on any atom is -0.496 e. The van der Waals surface area contributed by atoms with Crippen molar-refractivity contribution in [3.63, 3.8) is 0 Å². The monoisotopic (exact) mass is 407 g/mol. The minimum absolute atomic E-state index is 0.378. The number of nitrogens with zero attached hydrogens (tertiary/aromatic N) is 2. The molecule has 2 aromatic heterocycles. The van der Waals surface area contributed by atoms with Crippen molar-refractivity contribution >= 4 is 33.7 Å². The van der Waals surface area contributed by atoms with Crippen LogP contribution in [0, 0.1) is 0 Å². The molecule has 146 valence electrons. The van der Waals surface area contributed by atoms with Crippen molar-refractivity contribution in [2.45, 2.75) is 0 Å². The first kappa shape index (κ1) is 18.7. The number of thiazole rings is 1. The summed E-state index contributed by atoms with van der Waals surface area (Å²) in [6.45, 7) is 0. The number of anilines is 1. The molecule has 0 fully saturated rings. The Hall–Kier alpha value is -3.65. The molecule has 7 nitrogen and oxygen atoms in total. The predicted octanol–water partition coefficient (Wildman–Crippen LogP) is 4.38. The second-order valence-corrected chi connectivity index (χ2v) is 6.83. The molecule has 0 saturated carbocycles. The highest BCUT2D eigenvalue weighted by Crippen LogP contribution is 2.29. The van der Waals surface area contributed by atoms with Crippen LogP contribution < -0.4 is 20.5 Å². The fourth-order valence-electron chi connectivity index (χ4n) is 2.84. The molecule has 0 aliphatic carbocycles. The van der Waals surface area contributed by atoms with Gasteiger partial charge in [-0.15, -0.1) is 11.3 Å². The molecule has 2 aromatic carbocycles. The molecule has 0 saturated heterocycles.